The highest BCUT2D eigenvalue weighted by atomic mass is 16.2. The molecule has 0 saturated heterocycles. The topological polar surface area (TPSA) is 87.5 Å². The SMILES string of the molecule is CNC(=O)NC(=O)C(C)N(CCCN)c1ccc(C)cc1. The average Bonchev–Trinajstić information content (AvgIpc) is 2.48. The van der Waals surface area contributed by atoms with Crippen molar-refractivity contribution in [1.29, 1.82) is 0 Å². The second kappa shape index (κ2) is 8.26. The van der Waals surface area contributed by atoms with Crippen LogP contribution in [-0.4, -0.2) is 38.1 Å². The highest BCUT2D eigenvalue weighted by molar-refractivity contribution is 5.98. The molecule has 6 nitrogen and oxygen atoms in total. The van der Waals surface area contributed by atoms with Crippen molar-refractivity contribution in [3.8, 4) is 0 Å². The summed E-state index contributed by atoms with van der Waals surface area (Å²) in [4.78, 5) is 25.3. The smallest absolute Gasteiger partial charge is 0.321 e. The standard InChI is InChI=1S/C15H24N4O2/c1-11-5-7-13(8-6-11)19(10-4-9-16)12(2)14(20)18-15(21)17-3/h5-8,12H,4,9-10,16H2,1-3H3,(H2,17,18,20,21). The van der Waals surface area contributed by atoms with Crippen LogP contribution in [0.15, 0.2) is 24.3 Å². The van der Waals surface area contributed by atoms with Gasteiger partial charge in [-0.15, -0.1) is 0 Å². The molecule has 3 amide bonds. The van der Waals surface area contributed by atoms with Gasteiger partial charge in [-0.3, -0.25) is 10.1 Å². The van der Waals surface area contributed by atoms with Crippen molar-refractivity contribution in [1.82, 2.24) is 10.6 Å². The van der Waals surface area contributed by atoms with Crippen LogP contribution in [0.25, 0.3) is 0 Å². The third-order valence-electron chi connectivity index (χ3n) is 3.28. The molecule has 0 saturated carbocycles. The largest absolute Gasteiger partial charge is 0.360 e. The Morgan fingerprint density at radius 1 is 1.29 bits per heavy atom. The molecule has 6 heteroatoms. The van der Waals surface area contributed by atoms with Crippen molar-refractivity contribution in [2.45, 2.75) is 26.3 Å². The summed E-state index contributed by atoms with van der Waals surface area (Å²) in [6, 6.07) is 6.96. The van der Waals surface area contributed by atoms with Crippen LogP contribution in [0.1, 0.15) is 18.9 Å². The molecule has 0 radical (unpaired) electrons. The van der Waals surface area contributed by atoms with E-state index in [-0.39, 0.29) is 5.91 Å². The number of anilines is 1. The van der Waals surface area contributed by atoms with Crippen molar-refractivity contribution in [3.63, 3.8) is 0 Å². The van der Waals surface area contributed by atoms with Gasteiger partial charge in [-0.2, -0.15) is 0 Å². The Bertz CT molecular complexity index is 473. The molecule has 0 bridgehead atoms. The molecule has 1 aromatic carbocycles. The van der Waals surface area contributed by atoms with E-state index in [4.69, 9.17) is 5.73 Å². The first-order chi connectivity index (χ1) is 9.99. The lowest BCUT2D eigenvalue weighted by Gasteiger charge is -2.30. The van der Waals surface area contributed by atoms with Crippen LogP contribution in [0.4, 0.5) is 10.5 Å². The highest BCUT2D eigenvalue weighted by Crippen LogP contribution is 2.18. The quantitative estimate of drug-likeness (QED) is 0.730. The number of carbonyl (C=O) groups is 2. The van der Waals surface area contributed by atoms with Gasteiger partial charge in [-0.25, -0.2) is 4.79 Å². The highest BCUT2D eigenvalue weighted by Gasteiger charge is 2.22. The third-order valence-corrected chi connectivity index (χ3v) is 3.28. The molecule has 0 heterocycles. The minimum absolute atomic E-state index is 0.341. The zero-order chi connectivity index (χ0) is 15.8. The summed E-state index contributed by atoms with van der Waals surface area (Å²) in [5, 5.41) is 4.68. The molecule has 1 aromatic rings. The van der Waals surface area contributed by atoms with Crippen molar-refractivity contribution >= 4 is 17.6 Å². The van der Waals surface area contributed by atoms with Crippen LogP contribution < -0.4 is 21.3 Å². The van der Waals surface area contributed by atoms with Crippen LogP contribution in [0.2, 0.25) is 0 Å². The lowest BCUT2D eigenvalue weighted by molar-refractivity contribution is -0.121. The van der Waals surface area contributed by atoms with Crippen molar-refractivity contribution < 1.29 is 9.59 Å². The van der Waals surface area contributed by atoms with E-state index in [1.54, 1.807) is 6.92 Å². The number of imide groups is 1. The molecule has 0 aliphatic carbocycles. The van der Waals surface area contributed by atoms with Gasteiger partial charge in [-0.1, -0.05) is 17.7 Å². The van der Waals surface area contributed by atoms with E-state index in [0.29, 0.717) is 13.1 Å². The Morgan fingerprint density at radius 3 is 2.43 bits per heavy atom. The summed E-state index contributed by atoms with van der Waals surface area (Å²) in [6.07, 6.45) is 0.769. The molecule has 116 valence electrons. The van der Waals surface area contributed by atoms with Gasteiger partial charge in [0, 0.05) is 19.3 Å². The normalized spacial score (nSPS) is 11.6. The minimum Gasteiger partial charge on any atom is -0.360 e. The number of rotatable bonds is 6. The Balaban J connectivity index is 2.87. The first-order valence-electron chi connectivity index (χ1n) is 7.05. The molecule has 0 aromatic heterocycles. The second-order valence-electron chi connectivity index (χ2n) is 4.92. The minimum atomic E-state index is -0.505. The van der Waals surface area contributed by atoms with Gasteiger partial charge in [-0.05, 0) is 38.9 Å². The van der Waals surface area contributed by atoms with E-state index in [2.05, 4.69) is 10.6 Å². The van der Waals surface area contributed by atoms with Gasteiger partial charge in [0.1, 0.15) is 6.04 Å². The fourth-order valence-electron chi connectivity index (χ4n) is 1.96. The number of urea groups is 1. The van der Waals surface area contributed by atoms with Gasteiger partial charge in [0.15, 0.2) is 0 Å². The number of benzene rings is 1. The number of nitrogens with one attached hydrogen (secondary N) is 2. The fraction of sp³-hybridized carbons (Fsp3) is 0.467. The predicted molar refractivity (Wildman–Crippen MR) is 84.3 cm³/mol. The number of carbonyl (C=O) groups excluding carboxylic acids is 2. The van der Waals surface area contributed by atoms with E-state index >= 15 is 0 Å². The maximum atomic E-state index is 12.1. The summed E-state index contributed by atoms with van der Waals surface area (Å²) in [5.74, 6) is -0.341. The number of hydrogen-bond acceptors (Lipinski definition) is 4. The molecule has 0 spiro atoms. The van der Waals surface area contributed by atoms with Gasteiger partial charge in [0.2, 0.25) is 5.91 Å². The van der Waals surface area contributed by atoms with E-state index in [1.165, 1.54) is 7.05 Å². The summed E-state index contributed by atoms with van der Waals surface area (Å²) >= 11 is 0. The third kappa shape index (κ3) is 5.07. The van der Waals surface area contributed by atoms with Gasteiger partial charge in [0.05, 0.1) is 0 Å². The van der Waals surface area contributed by atoms with Crippen LogP contribution in [-0.2, 0) is 4.79 Å². The Morgan fingerprint density at radius 2 is 1.90 bits per heavy atom. The molecule has 0 fully saturated rings. The second-order valence-corrected chi connectivity index (χ2v) is 4.92. The van der Waals surface area contributed by atoms with Crippen LogP contribution in [0, 0.1) is 6.92 Å². The molecule has 0 aliphatic rings. The number of aryl methyl sites for hydroxylation is 1. The molecular weight excluding hydrogens is 268 g/mol. The summed E-state index contributed by atoms with van der Waals surface area (Å²) in [7, 11) is 1.47. The molecule has 4 N–H and O–H groups in total. The van der Waals surface area contributed by atoms with Gasteiger partial charge < -0.3 is 16.0 Å². The van der Waals surface area contributed by atoms with Crippen LogP contribution >= 0.6 is 0 Å². The fourth-order valence-corrected chi connectivity index (χ4v) is 1.96. The summed E-state index contributed by atoms with van der Waals surface area (Å²) in [6.45, 7) is 4.98. The van der Waals surface area contributed by atoms with Crippen molar-refractivity contribution in [3.05, 3.63) is 29.8 Å². The molecular formula is C15H24N4O2. The Hall–Kier alpha value is -2.08. The van der Waals surface area contributed by atoms with E-state index in [1.807, 2.05) is 36.1 Å². The molecule has 1 atom stereocenters. The Kier molecular flexibility index (Phi) is 6.68. The van der Waals surface area contributed by atoms with E-state index in [0.717, 1.165) is 17.7 Å². The predicted octanol–water partition coefficient (Wildman–Crippen LogP) is 0.994. The zero-order valence-electron chi connectivity index (χ0n) is 12.8. The van der Waals surface area contributed by atoms with Gasteiger partial charge >= 0.3 is 6.03 Å². The van der Waals surface area contributed by atoms with E-state index in [9.17, 15) is 9.59 Å². The van der Waals surface area contributed by atoms with Crippen LogP contribution in [0.5, 0.6) is 0 Å². The summed E-state index contributed by atoms with van der Waals surface area (Å²) in [5.41, 5.74) is 7.66. The molecule has 1 rings (SSSR count). The van der Waals surface area contributed by atoms with Crippen molar-refractivity contribution in [2.24, 2.45) is 5.73 Å². The Labute approximate surface area is 125 Å². The lowest BCUT2D eigenvalue weighted by Crippen LogP contribution is -2.49. The number of hydrogen-bond donors (Lipinski definition) is 3. The van der Waals surface area contributed by atoms with Crippen LogP contribution in [0.3, 0.4) is 0 Å². The van der Waals surface area contributed by atoms with Gasteiger partial charge in [0.25, 0.3) is 0 Å². The number of nitrogens with two attached hydrogens (primary N) is 1. The maximum absolute atomic E-state index is 12.1. The molecule has 21 heavy (non-hydrogen) atoms. The molecule has 1 unspecified atom stereocenters. The van der Waals surface area contributed by atoms with E-state index < -0.39 is 12.1 Å². The lowest BCUT2D eigenvalue weighted by atomic mass is 10.1. The maximum Gasteiger partial charge on any atom is 0.321 e. The summed E-state index contributed by atoms with van der Waals surface area (Å²) < 4.78 is 0. The number of amides is 3. The first-order valence-corrected chi connectivity index (χ1v) is 7.05. The zero-order valence-corrected chi connectivity index (χ0v) is 12.8. The first kappa shape index (κ1) is 17.0. The number of nitrogens with zero attached hydrogens (tertiary/aromatic N) is 1. The molecule has 0 aliphatic heterocycles. The van der Waals surface area contributed by atoms with Crippen molar-refractivity contribution in [2.75, 3.05) is 25.0 Å². The monoisotopic (exact) mass is 292 g/mol. The average molecular weight is 292 g/mol.